The lowest BCUT2D eigenvalue weighted by Crippen LogP contribution is -2.21. The normalized spacial score (nSPS) is 10.4. The minimum atomic E-state index is -0.150. The molecule has 2 aromatic rings. The van der Waals surface area contributed by atoms with Crippen LogP contribution in [0.5, 0.6) is 5.75 Å². The van der Waals surface area contributed by atoms with Gasteiger partial charge in [0.2, 0.25) is 11.8 Å². The predicted octanol–water partition coefficient (Wildman–Crippen LogP) is 4.51. The van der Waals surface area contributed by atoms with E-state index in [9.17, 15) is 9.59 Å². The summed E-state index contributed by atoms with van der Waals surface area (Å²) in [5.74, 6) is 1.15. The van der Waals surface area contributed by atoms with E-state index in [4.69, 9.17) is 4.74 Å². The molecule has 0 aliphatic heterocycles. The van der Waals surface area contributed by atoms with Crippen LogP contribution in [0.15, 0.2) is 48.5 Å². The fraction of sp³-hybridized carbons (Fsp3) is 0.364. The molecule has 0 bridgehead atoms. The zero-order valence-corrected chi connectivity index (χ0v) is 16.7. The third-order valence-corrected chi connectivity index (χ3v) is 4.02. The van der Waals surface area contributed by atoms with Gasteiger partial charge in [-0.05, 0) is 48.7 Å². The van der Waals surface area contributed by atoms with Gasteiger partial charge >= 0.3 is 0 Å². The van der Waals surface area contributed by atoms with Crippen LogP contribution >= 0.6 is 0 Å². The molecule has 0 spiro atoms. The maximum absolute atomic E-state index is 12.2. The van der Waals surface area contributed by atoms with Crippen molar-refractivity contribution in [2.45, 2.75) is 33.6 Å². The Morgan fingerprint density at radius 3 is 2.29 bits per heavy atom. The Kier molecular flexibility index (Phi) is 8.34. The SMILES string of the molecule is CCC(=O)Nc1ccc(NCC(=O)Nc2cccc(OCCC(C)C)c2)cc1. The fourth-order valence-electron chi connectivity index (χ4n) is 2.38. The number of nitrogens with one attached hydrogen (secondary N) is 3. The van der Waals surface area contributed by atoms with Crippen LogP contribution in [-0.2, 0) is 9.59 Å². The minimum absolute atomic E-state index is 0.0319. The summed E-state index contributed by atoms with van der Waals surface area (Å²) in [4.78, 5) is 23.6. The minimum Gasteiger partial charge on any atom is -0.494 e. The molecular formula is C22H29N3O3. The van der Waals surface area contributed by atoms with Crippen molar-refractivity contribution in [3.8, 4) is 5.75 Å². The van der Waals surface area contributed by atoms with Gasteiger partial charge in [-0.3, -0.25) is 9.59 Å². The molecule has 0 radical (unpaired) electrons. The van der Waals surface area contributed by atoms with Gasteiger partial charge in [-0.2, -0.15) is 0 Å². The number of carbonyl (C=O) groups excluding carboxylic acids is 2. The zero-order valence-electron chi connectivity index (χ0n) is 16.7. The number of ether oxygens (including phenoxy) is 1. The van der Waals surface area contributed by atoms with Crippen molar-refractivity contribution in [1.29, 1.82) is 0 Å². The van der Waals surface area contributed by atoms with Gasteiger partial charge in [-0.25, -0.2) is 0 Å². The molecule has 2 amide bonds. The van der Waals surface area contributed by atoms with Crippen LogP contribution in [0, 0.1) is 5.92 Å². The summed E-state index contributed by atoms with van der Waals surface area (Å²) in [6.45, 7) is 6.91. The Hall–Kier alpha value is -3.02. The molecule has 6 nitrogen and oxygen atoms in total. The topological polar surface area (TPSA) is 79.5 Å². The highest BCUT2D eigenvalue weighted by Crippen LogP contribution is 2.18. The van der Waals surface area contributed by atoms with Gasteiger partial charge in [0, 0.05) is 29.5 Å². The van der Waals surface area contributed by atoms with E-state index < -0.39 is 0 Å². The second-order valence-electron chi connectivity index (χ2n) is 6.94. The number of hydrogen-bond donors (Lipinski definition) is 3. The monoisotopic (exact) mass is 383 g/mol. The van der Waals surface area contributed by atoms with Crippen molar-refractivity contribution in [3.05, 3.63) is 48.5 Å². The quantitative estimate of drug-likeness (QED) is 0.564. The van der Waals surface area contributed by atoms with Gasteiger partial charge in [0.25, 0.3) is 0 Å². The van der Waals surface area contributed by atoms with Crippen molar-refractivity contribution in [2.75, 3.05) is 29.1 Å². The highest BCUT2D eigenvalue weighted by atomic mass is 16.5. The molecular weight excluding hydrogens is 354 g/mol. The standard InChI is InChI=1S/C22H29N3O3/c1-4-21(26)24-18-10-8-17(9-11-18)23-15-22(27)25-19-6-5-7-20(14-19)28-13-12-16(2)3/h5-11,14,16,23H,4,12-13,15H2,1-3H3,(H,24,26)(H,25,27). The van der Waals surface area contributed by atoms with E-state index in [0.29, 0.717) is 24.6 Å². The fourth-order valence-corrected chi connectivity index (χ4v) is 2.38. The summed E-state index contributed by atoms with van der Waals surface area (Å²) in [6.07, 6.45) is 1.42. The van der Waals surface area contributed by atoms with Crippen LogP contribution in [0.3, 0.4) is 0 Å². The lowest BCUT2D eigenvalue weighted by atomic mass is 10.1. The molecule has 0 aromatic heterocycles. The molecule has 0 atom stereocenters. The van der Waals surface area contributed by atoms with Gasteiger partial charge < -0.3 is 20.7 Å². The first-order chi connectivity index (χ1) is 13.5. The van der Waals surface area contributed by atoms with Crippen molar-refractivity contribution in [3.63, 3.8) is 0 Å². The van der Waals surface area contributed by atoms with E-state index in [2.05, 4.69) is 29.8 Å². The molecule has 28 heavy (non-hydrogen) atoms. The lowest BCUT2D eigenvalue weighted by molar-refractivity contribution is -0.116. The van der Waals surface area contributed by atoms with E-state index >= 15 is 0 Å². The summed E-state index contributed by atoms with van der Waals surface area (Å²) in [5, 5.41) is 8.71. The molecule has 0 aliphatic carbocycles. The molecule has 2 rings (SSSR count). The first kappa shape index (κ1) is 21.3. The largest absolute Gasteiger partial charge is 0.494 e. The summed E-state index contributed by atoms with van der Waals surface area (Å²) in [5.41, 5.74) is 2.23. The van der Waals surface area contributed by atoms with E-state index in [1.54, 1.807) is 19.1 Å². The molecule has 6 heteroatoms. The Bertz CT molecular complexity index is 773. The lowest BCUT2D eigenvalue weighted by Gasteiger charge is -2.11. The third-order valence-electron chi connectivity index (χ3n) is 4.02. The summed E-state index contributed by atoms with van der Waals surface area (Å²) < 4.78 is 5.72. The van der Waals surface area contributed by atoms with Crippen molar-refractivity contribution >= 4 is 28.9 Å². The van der Waals surface area contributed by atoms with Crippen molar-refractivity contribution < 1.29 is 14.3 Å². The molecule has 3 N–H and O–H groups in total. The van der Waals surface area contributed by atoms with Crippen LogP contribution < -0.4 is 20.7 Å². The molecule has 2 aromatic carbocycles. The second-order valence-corrected chi connectivity index (χ2v) is 6.94. The number of hydrogen-bond acceptors (Lipinski definition) is 4. The zero-order chi connectivity index (χ0) is 20.4. The third kappa shape index (κ3) is 7.70. The summed E-state index contributed by atoms with van der Waals surface area (Å²) >= 11 is 0. The number of amides is 2. The average Bonchev–Trinajstić information content (AvgIpc) is 2.67. The Morgan fingerprint density at radius 2 is 1.61 bits per heavy atom. The van der Waals surface area contributed by atoms with Gasteiger partial charge in [-0.1, -0.05) is 26.8 Å². The highest BCUT2D eigenvalue weighted by Gasteiger charge is 2.05. The predicted molar refractivity (Wildman–Crippen MR) is 114 cm³/mol. The highest BCUT2D eigenvalue weighted by molar-refractivity contribution is 5.94. The summed E-state index contributed by atoms with van der Waals surface area (Å²) in [6, 6.07) is 14.6. The Labute approximate surface area is 166 Å². The smallest absolute Gasteiger partial charge is 0.243 e. The van der Waals surface area contributed by atoms with Crippen molar-refractivity contribution in [2.24, 2.45) is 5.92 Å². The van der Waals surface area contributed by atoms with Gasteiger partial charge in [0.1, 0.15) is 5.75 Å². The van der Waals surface area contributed by atoms with Gasteiger partial charge in [0.05, 0.1) is 13.2 Å². The summed E-state index contributed by atoms with van der Waals surface area (Å²) in [7, 11) is 0. The first-order valence-corrected chi connectivity index (χ1v) is 9.62. The van der Waals surface area contributed by atoms with Crippen LogP contribution in [0.1, 0.15) is 33.6 Å². The van der Waals surface area contributed by atoms with Gasteiger partial charge in [0.15, 0.2) is 0 Å². The molecule has 0 aliphatic rings. The molecule has 0 fully saturated rings. The molecule has 150 valence electrons. The van der Waals surface area contributed by atoms with E-state index in [-0.39, 0.29) is 18.4 Å². The number of benzene rings is 2. The number of carbonyl (C=O) groups is 2. The first-order valence-electron chi connectivity index (χ1n) is 9.62. The average molecular weight is 383 g/mol. The molecule has 0 heterocycles. The maximum atomic E-state index is 12.2. The van der Waals surface area contributed by atoms with E-state index in [1.165, 1.54) is 0 Å². The molecule has 0 unspecified atom stereocenters. The van der Waals surface area contributed by atoms with Crippen LogP contribution in [-0.4, -0.2) is 25.0 Å². The van der Waals surface area contributed by atoms with Crippen molar-refractivity contribution in [1.82, 2.24) is 0 Å². The maximum Gasteiger partial charge on any atom is 0.243 e. The Morgan fingerprint density at radius 1 is 0.929 bits per heavy atom. The molecule has 0 saturated carbocycles. The van der Waals surface area contributed by atoms with Gasteiger partial charge in [-0.15, -0.1) is 0 Å². The number of rotatable bonds is 10. The second kappa shape index (κ2) is 11.0. The van der Waals surface area contributed by atoms with E-state index in [1.807, 2.05) is 36.4 Å². The van der Waals surface area contributed by atoms with E-state index in [0.717, 1.165) is 23.5 Å². The molecule has 0 saturated heterocycles. The van der Waals surface area contributed by atoms with Crippen LogP contribution in [0.25, 0.3) is 0 Å². The number of anilines is 3. The Balaban J connectivity index is 1.80. The van der Waals surface area contributed by atoms with Crippen LogP contribution in [0.4, 0.5) is 17.1 Å². The van der Waals surface area contributed by atoms with Crippen LogP contribution in [0.2, 0.25) is 0 Å².